The zero-order chi connectivity index (χ0) is 19.7. The van der Waals surface area contributed by atoms with Crippen molar-refractivity contribution in [2.45, 2.75) is 6.54 Å². The summed E-state index contributed by atoms with van der Waals surface area (Å²) in [5.41, 5.74) is 2.54. The lowest BCUT2D eigenvalue weighted by molar-refractivity contribution is 0.0951. The average Bonchev–Trinajstić information content (AvgIpc) is 3.10. The maximum Gasteiger partial charge on any atom is 0.251 e. The normalized spacial score (nSPS) is 11.0. The molecule has 0 saturated heterocycles. The summed E-state index contributed by atoms with van der Waals surface area (Å²) in [6.45, 7) is 0.297. The number of benzene rings is 3. The van der Waals surface area contributed by atoms with Gasteiger partial charge in [0.05, 0.1) is 16.7 Å². The van der Waals surface area contributed by atoms with Gasteiger partial charge in [0.2, 0.25) is 0 Å². The fourth-order valence-corrected chi connectivity index (χ4v) is 3.14. The van der Waals surface area contributed by atoms with Crippen LogP contribution in [0.3, 0.4) is 0 Å². The molecule has 0 bridgehead atoms. The van der Waals surface area contributed by atoms with E-state index in [9.17, 15) is 13.6 Å². The Morgan fingerprint density at radius 2 is 1.89 bits per heavy atom. The van der Waals surface area contributed by atoms with Gasteiger partial charge >= 0.3 is 0 Å². The van der Waals surface area contributed by atoms with E-state index in [2.05, 4.69) is 10.3 Å². The topological polar surface area (TPSA) is 46.9 Å². The Morgan fingerprint density at radius 1 is 1.07 bits per heavy atom. The van der Waals surface area contributed by atoms with E-state index in [0.29, 0.717) is 28.2 Å². The summed E-state index contributed by atoms with van der Waals surface area (Å²) < 4.78 is 28.7. The molecule has 1 amide bonds. The number of fused-ring (bicyclic) bond motifs is 1. The number of rotatable bonds is 4. The number of carbonyl (C=O) groups is 1. The van der Waals surface area contributed by atoms with Gasteiger partial charge in [-0.2, -0.15) is 0 Å². The second-order valence-electron chi connectivity index (χ2n) is 6.19. The minimum atomic E-state index is -0.694. The first-order chi connectivity index (χ1) is 13.5. The summed E-state index contributed by atoms with van der Waals surface area (Å²) in [4.78, 5) is 16.7. The molecule has 0 aliphatic heterocycles. The predicted molar refractivity (Wildman–Crippen MR) is 104 cm³/mol. The van der Waals surface area contributed by atoms with Crippen LogP contribution in [0.4, 0.5) is 8.78 Å². The summed E-state index contributed by atoms with van der Waals surface area (Å²) >= 11 is 6.10. The molecule has 7 heteroatoms. The van der Waals surface area contributed by atoms with Gasteiger partial charge in [0.25, 0.3) is 5.91 Å². The Hall–Kier alpha value is -3.25. The molecule has 4 nitrogen and oxygen atoms in total. The SMILES string of the molecule is O=C(NCc1ccccc1Cl)c1ccc2c(c1)ncn2-c1ccc(F)cc1F. The van der Waals surface area contributed by atoms with Crippen LogP contribution in [-0.2, 0) is 6.54 Å². The first-order valence-corrected chi connectivity index (χ1v) is 8.85. The molecule has 4 rings (SSSR count). The molecular formula is C21H14ClF2N3O. The van der Waals surface area contributed by atoms with E-state index < -0.39 is 11.6 Å². The van der Waals surface area contributed by atoms with Crippen molar-refractivity contribution in [1.29, 1.82) is 0 Å². The molecule has 0 saturated carbocycles. The lowest BCUT2D eigenvalue weighted by Gasteiger charge is -2.08. The zero-order valence-corrected chi connectivity index (χ0v) is 15.3. The minimum absolute atomic E-state index is 0.180. The molecule has 0 aliphatic carbocycles. The first kappa shape index (κ1) is 18.1. The van der Waals surface area contributed by atoms with Gasteiger partial charge in [-0.15, -0.1) is 0 Å². The number of nitrogens with zero attached hydrogens (tertiary/aromatic N) is 2. The van der Waals surface area contributed by atoms with E-state index in [-0.39, 0.29) is 11.6 Å². The van der Waals surface area contributed by atoms with Gasteiger partial charge in [-0.05, 0) is 42.0 Å². The van der Waals surface area contributed by atoms with Crippen molar-refractivity contribution >= 4 is 28.5 Å². The molecule has 1 N–H and O–H groups in total. The monoisotopic (exact) mass is 397 g/mol. The van der Waals surface area contributed by atoms with Gasteiger partial charge in [-0.1, -0.05) is 29.8 Å². The highest BCUT2D eigenvalue weighted by Gasteiger charge is 2.13. The minimum Gasteiger partial charge on any atom is -0.348 e. The van der Waals surface area contributed by atoms with E-state index >= 15 is 0 Å². The van der Waals surface area contributed by atoms with Gasteiger partial charge in [0.15, 0.2) is 0 Å². The highest BCUT2D eigenvalue weighted by molar-refractivity contribution is 6.31. The molecule has 0 unspecified atom stereocenters. The maximum absolute atomic E-state index is 14.1. The Bertz CT molecular complexity index is 1190. The molecule has 0 atom stereocenters. The average molecular weight is 398 g/mol. The highest BCUT2D eigenvalue weighted by Crippen LogP contribution is 2.22. The summed E-state index contributed by atoms with van der Waals surface area (Å²) in [5.74, 6) is -1.62. The van der Waals surface area contributed by atoms with Gasteiger partial charge in [0, 0.05) is 23.2 Å². The predicted octanol–water partition coefficient (Wildman–Crippen LogP) is 4.89. The quantitative estimate of drug-likeness (QED) is 0.533. The van der Waals surface area contributed by atoms with Crippen LogP contribution in [0, 0.1) is 11.6 Å². The molecule has 0 fully saturated rings. The van der Waals surface area contributed by atoms with E-state index in [1.165, 1.54) is 23.0 Å². The largest absolute Gasteiger partial charge is 0.348 e. The summed E-state index contributed by atoms with van der Waals surface area (Å²) in [5, 5.41) is 3.40. The summed E-state index contributed by atoms with van der Waals surface area (Å²) in [7, 11) is 0. The number of aromatic nitrogens is 2. The summed E-state index contributed by atoms with van der Waals surface area (Å²) in [6.07, 6.45) is 1.44. The number of halogens is 3. The smallest absolute Gasteiger partial charge is 0.251 e. The van der Waals surface area contributed by atoms with Crippen molar-refractivity contribution < 1.29 is 13.6 Å². The van der Waals surface area contributed by atoms with Crippen LogP contribution in [-0.4, -0.2) is 15.5 Å². The van der Waals surface area contributed by atoms with E-state index in [0.717, 1.165) is 11.6 Å². The Labute approximate surface area is 164 Å². The molecule has 4 aromatic rings. The molecule has 1 aromatic heterocycles. The fraction of sp³-hybridized carbons (Fsp3) is 0.0476. The van der Waals surface area contributed by atoms with Gasteiger partial charge in [-0.25, -0.2) is 13.8 Å². The third-order valence-electron chi connectivity index (χ3n) is 4.38. The molecular weight excluding hydrogens is 384 g/mol. The van der Waals surface area contributed by atoms with Crippen molar-refractivity contribution in [3.05, 3.63) is 94.8 Å². The maximum atomic E-state index is 14.1. The molecule has 0 aliphatic rings. The molecule has 0 radical (unpaired) electrons. The van der Waals surface area contributed by atoms with Crippen molar-refractivity contribution in [2.75, 3.05) is 0 Å². The highest BCUT2D eigenvalue weighted by atomic mass is 35.5. The van der Waals surface area contributed by atoms with Crippen LogP contribution in [0.2, 0.25) is 5.02 Å². The Kier molecular flexibility index (Phi) is 4.79. The number of hydrogen-bond donors (Lipinski definition) is 1. The van der Waals surface area contributed by atoms with E-state index in [1.807, 2.05) is 18.2 Å². The third-order valence-corrected chi connectivity index (χ3v) is 4.74. The van der Waals surface area contributed by atoms with Crippen LogP contribution in [0.5, 0.6) is 0 Å². The van der Waals surface area contributed by atoms with Crippen molar-refractivity contribution in [3.8, 4) is 5.69 Å². The van der Waals surface area contributed by atoms with Gasteiger partial charge in [0.1, 0.15) is 18.0 Å². The Morgan fingerprint density at radius 3 is 2.68 bits per heavy atom. The molecule has 28 heavy (non-hydrogen) atoms. The van der Waals surface area contributed by atoms with Crippen LogP contribution in [0.1, 0.15) is 15.9 Å². The molecule has 3 aromatic carbocycles. The van der Waals surface area contributed by atoms with Crippen LogP contribution < -0.4 is 5.32 Å². The Balaban J connectivity index is 1.59. The van der Waals surface area contributed by atoms with Crippen LogP contribution in [0.25, 0.3) is 16.7 Å². The van der Waals surface area contributed by atoms with E-state index in [1.54, 1.807) is 24.3 Å². The lowest BCUT2D eigenvalue weighted by atomic mass is 10.1. The molecule has 0 spiro atoms. The second-order valence-corrected chi connectivity index (χ2v) is 6.60. The summed E-state index contributed by atoms with van der Waals surface area (Å²) in [6, 6.07) is 15.5. The number of amides is 1. The van der Waals surface area contributed by atoms with Gasteiger partial charge in [-0.3, -0.25) is 9.36 Å². The van der Waals surface area contributed by atoms with Crippen molar-refractivity contribution in [3.63, 3.8) is 0 Å². The number of nitrogens with one attached hydrogen (secondary N) is 1. The lowest BCUT2D eigenvalue weighted by Crippen LogP contribution is -2.22. The molecule has 1 heterocycles. The zero-order valence-electron chi connectivity index (χ0n) is 14.5. The number of imidazole rings is 1. The van der Waals surface area contributed by atoms with E-state index in [4.69, 9.17) is 11.6 Å². The second kappa shape index (κ2) is 7.40. The third kappa shape index (κ3) is 3.46. The number of carbonyl (C=O) groups excluding carboxylic acids is 1. The van der Waals surface area contributed by atoms with Crippen LogP contribution >= 0.6 is 11.6 Å². The standard InChI is InChI=1S/C21H14ClF2N3O/c22-16-4-2-1-3-14(16)11-25-21(28)13-5-7-20-18(9-13)26-12-27(20)19-8-6-15(23)10-17(19)24/h1-10,12H,11H2,(H,25,28). The van der Waals surface area contributed by atoms with Gasteiger partial charge < -0.3 is 5.32 Å². The van der Waals surface area contributed by atoms with Crippen molar-refractivity contribution in [1.82, 2.24) is 14.9 Å². The van der Waals surface area contributed by atoms with Crippen molar-refractivity contribution in [2.24, 2.45) is 0 Å². The first-order valence-electron chi connectivity index (χ1n) is 8.47. The fourth-order valence-electron chi connectivity index (χ4n) is 2.94. The number of hydrogen-bond acceptors (Lipinski definition) is 2. The van der Waals surface area contributed by atoms with Crippen LogP contribution in [0.15, 0.2) is 67.0 Å². The molecule has 140 valence electrons.